The largest absolute Gasteiger partial charge is 0.482 e. The maximum Gasteiger partial charge on any atom is 0.341 e. The zero-order valence-electron chi connectivity index (χ0n) is 13.9. The molecule has 1 saturated heterocycles. The minimum absolute atomic E-state index is 0.0736. The molecule has 2 amide bonds. The predicted molar refractivity (Wildman–Crippen MR) is 90.3 cm³/mol. The number of carboxylic acids is 1. The lowest BCUT2D eigenvalue weighted by Crippen LogP contribution is -2.35. The smallest absolute Gasteiger partial charge is 0.341 e. The van der Waals surface area contributed by atoms with Crippen molar-refractivity contribution in [1.29, 1.82) is 0 Å². The number of ether oxygens (including phenoxy) is 1. The van der Waals surface area contributed by atoms with Crippen LogP contribution in [0, 0.1) is 5.92 Å². The van der Waals surface area contributed by atoms with E-state index < -0.39 is 12.6 Å². The number of nitrogens with one attached hydrogen (secondary N) is 1. The van der Waals surface area contributed by atoms with Crippen LogP contribution in [0.15, 0.2) is 24.3 Å². The second-order valence-corrected chi connectivity index (χ2v) is 6.58. The van der Waals surface area contributed by atoms with Crippen LogP contribution in [0.1, 0.15) is 32.1 Å². The van der Waals surface area contributed by atoms with Gasteiger partial charge < -0.3 is 20.1 Å². The number of anilines is 1. The molecule has 7 heteroatoms. The molecule has 0 radical (unpaired) electrons. The fraction of sp³-hybridized carbons (Fsp3) is 0.500. The maximum absolute atomic E-state index is 12.4. The summed E-state index contributed by atoms with van der Waals surface area (Å²) in [4.78, 5) is 36.9. The molecule has 0 aromatic heterocycles. The van der Waals surface area contributed by atoms with Crippen molar-refractivity contribution in [3.05, 3.63) is 24.3 Å². The molecule has 1 aromatic carbocycles. The Morgan fingerprint density at radius 1 is 1.20 bits per heavy atom. The minimum atomic E-state index is -1.05. The zero-order valence-corrected chi connectivity index (χ0v) is 13.9. The predicted octanol–water partition coefficient (Wildman–Crippen LogP) is 1.88. The van der Waals surface area contributed by atoms with E-state index in [1.54, 1.807) is 24.3 Å². The van der Waals surface area contributed by atoms with Crippen molar-refractivity contribution in [3.8, 4) is 5.75 Å². The van der Waals surface area contributed by atoms with Gasteiger partial charge in [-0.05, 0) is 37.1 Å². The molecule has 1 aliphatic heterocycles. The number of amides is 2. The first-order valence-electron chi connectivity index (χ1n) is 8.58. The van der Waals surface area contributed by atoms with Crippen molar-refractivity contribution in [2.75, 3.05) is 18.5 Å². The first-order chi connectivity index (χ1) is 12.0. The SMILES string of the molecule is O=C(O)COc1ccc(NC(=O)C2CC(=O)N(C3CCCC3)C2)cc1. The monoisotopic (exact) mass is 346 g/mol. The van der Waals surface area contributed by atoms with Gasteiger partial charge in [-0.3, -0.25) is 9.59 Å². The van der Waals surface area contributed by atoms with E-state index in [-0.39, 0.29) is 24.2 Å². The first kappa shape index (κ1) is 17.3. The summed E-state index contributed by atoms with van der Waals surface area (Å²) < 4.78 is 5.05. The molecular formula is C18H22N2O5. The molecule has 1 unspecified atom stereocenters. The number of hydrogen-bond acceptors (Lipinski definition) is 4. The highest BCUT2D eigenvalue weighted by Crippen LogP contribution is 2.30. The third kappa shape index (κ3) is 4.29. The Morgan fingerprint density at radius 2 is 1.88 bits per heavy atom. The normalized spacial score (nSPS) is 20.7. The molecule has 1 aromatic rings. The number of rotatable bonds is 6. The van der Waals surface area contributed by atoms with Crippen LogP contribution in [-0.2, 0) is 14.4 Å². The van der Waals surface area contributed by atoms with Crippen molar-refractivity contribution >= 4 is 23.5 Å². The molecule has 7 nitrogen and oxygen atoms in total. The summed E-state index contributed by atoms with van der Waals surface area (Å²) in [5.74, 6) is -1.03. The topological polar surface area (TPSA) is 95.9 Å². The summed E-state index contributed by atoms with van der Waals surface area (Å²) in [6.07, 6.45) is 4.65. The molecule has 25 heavy (non-hydrogen) atoms. The first-order valence-corrected chi connectivity index (χ1v) is 8.58. The average Bonchev–Trinajstić information content (AvgIpc) is 3.23. The molecule has 1 aliphatic carbocycles. The Kier molecular flexibility index (Phi) is 5.21. The molecule has 1 heterocycles. The van der Waals surface area contributed by atoms with Gasteiger partial charge in [0.05, 0.1) is 5.92 Å². The lowest BCUT2D eigenvalue weighted by molar-refractivity contribution is -0.139. The highest BCUT2D eigenvalue weighted by Gasteiger charge is 2.38. The Morgan fingerprint density at radius 3 is 2.52 bits per heavy atom. The Labute approximate surface area is 146 Å². The Balaban J connectivity index is 1.53. The third-order valence-corrected chi connectivity index (χ3v) is 4.78. The average molecular weight is 346 g/mol. The molecule has 2 fully saturated rings. The van der Waals surface area contributed by atoms with Crippen molar-refractivity contribution in [2.45, 2.75) is 38.1 Å². The van der Waals surface area contributed by atoms with Gasteiger partial charge in [-0.25, -0.2) is 4.79 Å². The van der Waals surface area contributed by atoms with Crippen LogP contribution in [0.4, 0.5) is 5.69 Å². The molecule has 2 N–H and O–H groups in total. The van der Waals surface area contributed by atoms with E-state index in [0.29, 0.717) is 24.0 Å². The van der Waals surface area contributed by atoms with Crippen LogP contribution >= 0.6 is 0 Å². The fourth-order valence-electron chi connectivity index (χ4n) is 3.50. The Bertz CT molecular complexity index is 652. The van der Waals surface area contributed by atoms with E-state index in [2.05, 4.69) is 5.32 Å². The lowest BCUT2D eigenvalue weighted by atomic mass is 10.1. The summed E-state index contributed by atoms with van der Waals surface area (Å²) in [6.45, 7) is 0.0853. The number of carbonyl (C=O) groups is 3. The van der Waals surface area contributed by atoms with Gasteiger partial charge in [-0.15, -0.1) is 0 Å². The van der Waals surface area contributed by atoms with Crippen LogP contribution in [0.25, 0.3) is 0 Å². The maximum atomic E-state index is 12.4. The van der Waals surface area contributed by atoms with Gasteiger partial charge in [0, 0.05) is 24.7 Å². The third-order valence-electron chi connectivity index (χ3n) is 4.78. The van der Waals surface area contributed by atoms with E-state index in [0.717, 1.165) is 25.7 Å². The molecule has 1 saturated carbocycles. The van der Waals surface area contributed by atoms with Crippen molar-refractivity contribution in [1.82, 2.24) is 4.90 Å². The van der Waals surface area contributed by atoms with E-state index >= 15 is 0 Å². The van der Waals surface area contributed by atoms with Gasteiger partial charge in [0.15, 0.2) is 6.61 Å². The second-order valence-electron chi connectivity index (χ2n) is 6.58. The van der Waals surface area contributed by atoms with E-state index in [1.807, 2.05) is 4.90 Å². The second kappa shape index (κ2) is 7.55. The number of carbonyl (C=O) groups excluding carboxylic acids is 2. The van der Waals surface area contributed by atoms with Gasteiger partial charge in [0.2, 0.25) is 11.8 Å². The summed E-state index contributed by atoms with van der Waals surface area (Å²) in [5.41, 5.74) is 0.597. The van der Waals surface area contributed by atoms with Crippen LogP contribution in [0.3, 0.4) is 0 Å². The van der Waals surface area contributed by atoms with Crippen LogP contribution in [0.2, 0.25) is 0 Å². The Hall–Kier alpha value is -2.57. The van der Waals surface area contributed by atoms with Gasteiger partial charge in [0.1, 0.15) is 5.75 Å². The quantitative estimate of drug-likeness (QED) is 0.820. The molecule has 1 atom stereocenters. The van der Waals surface area contributed by atoms with Gasteiger partial charge >= 0.3 is 5.97 Å². The highest BCUT2D eigenvalue weighted by atomic mass is 16.5. The van der Waals surface area contributed by atoms with E-state index in [9.17, 15) is 14.4 Å². The lowest BCUT2D eigenvalue weighted by Gasteiger charge is -2.23. The highest BCUT2D eigenvalue weighted by molar-refractivity contribution is 5.97. The summed E-state index contributed by atoms with van der Waals surface area (Å²) in [5, 5.41) is 11.4. The van der Waals surface area contributed by atoms with Crippen LogP contribution in [-0.4, -0.2) is 47.0 Å². The van der Waals surface area contributed by atoms with Gasteiger partial charge in [0.25, 0.3) is 0 Å². The molecule has 134 valence electrons. The van der Waals surface area contributed by atoms with Crippen molar-refractivity contribution < 1.29 is 24.2 Å². The number of likely N-dealkylation sites (tertiary alicyclic amines) is 1. The molecule has 0 bridgehead atoms. The molecule has 0 spiro atoms. The minimum Gasteiger partial charge on any atom is -0.482 e. The molecule has 3 rings (SSSR count). The van der Waals surface area contributed by atoms with E-state index in [4.69, 9.17) is 9.84 Å². The zero-order chi connectivity index (χ0) is 17.8. The van der Waals surface area contributed by atoms with Gasteiger partial charge in [-0.1, -0.05) is 12.8 Å². The summed E-state index contributed by atoms with van der Waals surface area (Å²) >= 11 is 0. The van der Waals surface area contributed by atoms with Crippen LogP contribution in [0.5, 0.6) is 5.75 Å². The number of aliphatic carboxylic acids is 1. The summed E-state index contributed by atoms with van der Waals surface area (Å²) in [7, 11) is 0. The molecule has 2 aliphatic rings. The summed E-state index contributed by atoms with van der Waals surface area (Å²) in [6, 6.07) is 6.81. The fourth-order valence-corrected chi connectivity index (χ4v) is 3.50. The standard InChI is InChI=1S/C18H22N2O5/c21-16-9-12(10-20(16)14-3-1-2-4-14)18(24)19-13-5-7-15(8-6-13)25-11-17(22)23/h5-8,12,14H,1-4,9-11H2,(H,19,24)(H,22,23). The van der Waals surface area contributed by atoms with Crippen molar-refractivity contribution in [2.24, 2.45) is 5.92 Å². The number of carboxylic acid groups (broad SMARTS) is 1. The van der Waals surface area contributed by atoms with E-state index in [1.165, 1.54) is 0 Å². The molecular weight excluding hydrogens is 324 g/mol. The number of nitrogens with zero attached hydrogens (tertiary/aromatic N) is 1. The number of benzene rings is 1. The van der Waals surface area contributed by atoms with Crippen LogP contribution < -0.4 is 10.1 Å². The van der Waals surface area contributed by atoms with Crippen molar-refractivity contribution in [3.63, 3.8) is 0 Å². The number of hydrogen-bond donors (Lipinski definition) is 2. The van der Waals surface area contributed by atoms with Gasteiger partial charge in [-0.2, -0.15) is 0 Å².